The Hall–Kier alpha value is 0.160. The lowest BCUT2D eigenvalue weighted by molar-refractivity contribution is -0.127. The van der Waals surface area contributed by atoms with Crippen LogP contribution in [-0.4, -0.2) is 30.4 Å². The van der Waals surface area contributed by atoms with E-state index in [4.69, 9.17) is 0 Å². The predicted octanol–water partition coefficient (Wildman–Crippen LogP) is 0.548. The Labute approximate surface area is 74.6 Å². The van der Waals surface area contributed by atoms with E-state index in [1.807, 2.05) is 4.90 Å². The Morgan fingerprint density at radius 2 is 2.50 bits per heavy atom. The van der Waals surface area contributed by atoms with Gasteiger partial charge in [0.05, 0.1) is 0 Å². The lowest BCUT2D eigenvalue weighted by Crippen LogP contribution is -2.30. The van der Waals surface area contributed by atoms with Crippen LogP contribution in [0.1, 0.15) is 12.8 Å². The molecular weight excluding hydrogens is 243 g/mol. The summed E-state index contributed by atoms with van der Waals surface area (Å²) in [4.78, 5) is 12.9. The molecule has 1 fully saturated rings. The number of likely N-dealkylation sites (tertiary alicyclic amines) is 1. The summed E-state index contributed by atoms with van der Waals surface area (Å²) in [6.07, 6.45) is 1.79. The third-order valence-corrected chi connectivity index (χ3v) is 2.19. The topological polar surface area (TPSA) is 32.3 Å². The molecule has 1 N–H and O–H groups in total. The van der Waals surface area contributed by atoms with Gasteiger partial charge in [-0.15, -0.1) is 0 Å². The molecule has 0 unspecified atom stereocenters. The molecule has 4 heteroatoms. The number of hydrogen-bond acceptors (Lipinski definition) is 2. The molecular formula is C6H11IN2O. The van der Waals surface area contributed by atoms with Gasteiger partial charge in [0.15, 0.2) is 0 Å². The summed E-state index contributed by atoms with van der Waals surface area (Å²) in [5, 5.41) is 0. The molecule has 0 atom stereocenters. The average Bonchev–Trinajstić information content (AvgIpc) is 2.31. The molecule has 0 bridgehead atoms. The molecule has 3 nitrogen and oxygen atoms in total. The second-order valence-electron chi connectivity index (χ2n) is 2.37. The van der Waals surface area contributed by atoms with E-state index < -0.39 is 0 Å². The van der Waals surface area contributed by atoms with E-state index in [1.54, 1.807) is 0 Å². The molecule has 1 aliphatic heterocycles. The molecule has 1 heterocycles. The third-order valence-electron chi connectivity index (χ3n) is 1.65. The minimum Gasteiger partial charge on any atom is -0.341 e. The first-order valence-corrected chi connectivity index (χ1v) is 4.54. The summed E-state index contributed by atoms with van der Waals surface area (Å²) < 4.78 is 2.99. The van der Waals surface area contributed by atoms with E-state index in [0.717, 1.165) is 32.5 Å². The molecule has 0 spiro atoms. The maximum absolute atomic E-state index is 11.0. The Morgan fingerprint density at radius 1 is 1.70 bits per heavy atom. The molecule has 0 aromatic heterocycles. The van der Waals surface area contributed by atoms with Gasteiger partial charge in [-0.05, 0) is 6.42 Å². The van der Waals surface area contributed by atoms with Crippen molar-refractivity contribution in [1.82, 2.24) is 8.43 Å². The highest BCUT2D eigenvalue weighted by molar-refractivity contribution is 14.1. The van der Waals surface area contributed by atoms with E-state index in [1.165, 1.54) is 0 Å². The number of amides is 1. The van der Waals surface area contributed by atoms with Crippen LogP contribution in [0.25, 0.3) is 0 Å². The van der Waals surface area contributed by atoms with Crippen molar-refractivity contribution in [1.29, 1.82) is 0 Å². The van der Waals surface area contributed by atoms with Crippen LogP contribution in [0, 0.1) is 0 Å². The van der Waals surface area contributed by atoms with Gasteiger partial charge in [-0.1, -0.05) is 0 Å². The van der Waals surface area contributed by atoms with E-state index in [-0.39, 0.29) is 0 Å². The normalized spacial score (nSPS) is 18.5. The second-order valence-corrected chi connectivity index (χ2v) is 3.13. The van der Waals surface area contributed by atoms with Crippen LogP contribution < -0.4 is 3.53 Å². The highest BCUT2D eigenvalue weighted by Crippen LogP contribution is 2.07. The standard InChI is InChI=1S/C6H11IN2O/c7-8-3-5-9-4-1-2-6(9)10/h8H,1-5H2. The molecule has 1 amide bonds. The minimum absolute atomic E-state index is 0.312. The fourth-order valence-corrected chi connectivity index (χ4v) is 1.36. The maximum atomic E-state index is 11.0. The zero-order valence-corrected chi connectivity index (χ0v) is 7.93. The van der Waals surface area contributed by atoms with Gasteiger partial charge in [-0.25, -0.2) is 0 Å². The molecule has 0 aliphatic carbocycles. The van der Waals surface area contributed by atoms with Crippen molar-refractivity contribution in [2.45, 2.75) is 12.8 Å². The van der Waals surface area contributed by atoms with Crippen molar-refractivity contribution >= 4 is 28.8 Å². The number of hydrogen-bond donors (Lipinski definition) is 1. The summed E-state index contributed by atoms with van der Waals surface area (Å²) in [7, 11) is 0. The first-order chi connectivity index (χ1) is 4.84. The van der Waals surface area contributed by atoms with Gasteiger partial charge < -0.3 is 4.90 Å². The maximum Gasteiger partial charge on any atom is 0.222 e. The average molecular weight is 254 g/mol. The minimum atomic E-state index is 0.312. The number of carbonyl (C=O) groups is 1. The Bertz CT molecular complexity index is 129. The van der Waals surface area contributed by atoms with Crippen molar-refractivity contribution in [3.05, 3.63) is 0 Å². The molecule has 0 aromatic rings. The summed E-state index contributed by atoms with van der Waals surface area (Å²) in [5.74, 6) is 0.312. The van der Waals surface area contributed by atoms with Crippen LogP contribution in [0.15, 0.2) is 0 Å². The van der Waals surface area contributed by atoms with Gasteiger partial charge in [0, 0.05) is 48.9 Å². The van der Waals surface area contributed by atoms with Crippen LogP contribution in [0.3, 0.4) is 0 Å². The summed E-state index contributed by atoms with van der Waals surface area (Å²) >= 11 is 2.09. The van der Waals surface area contributed by atoms with Crippen molar-refractivity contribution < 1.29 is 4.79 Å². The Balaban J connectivity index is 2.20. The Kier molecular flexibility index (Phi) is 3.41. The fraction of sp³-hybridized carbons (Fsp3) is 0.833. The molecule has 1 rings (SSSR count). The predicted molar refractivity (Wildman–Crippen MR) is 47.8 cm³/mol. The second kappa shape index (κ2) is 4.12. The van der Waals surface area contributed by atoms with Gasteiger partial charge in [-0.3, -0.25) is 8.32 Å². The van der Waals surface area contributed by atoms with Crippen LogP contribution >= 0.6 is 22.9 Å². The zero-order chi connectivity index (χ0) is 7.40. The summed E-state index contributed by atoms with van der Waals surface area (Å²) in [6, 6.07) is 0. The molecule has 10 heavy (non-hydrogen) atoms. The number of carbonyl (C=O) groups excluding carboxylic acids is 1. The van der Waals surface area contributed by atoms with Crippen molar-refractivity contribution in [3.63, 3.8) is 0 Å². The van der Waals surface area contributed by atoms with Gasteiger partial charge in [0.1, 0.15) is 0 Å². The molecule has 0 saturated carbocycles. The monoisotopic (exact) mass is 254 g/mol. The Morgan fingerprint density at radius 3 is 3.00 bits per heavy atom. The quantitative estimate of drug-likeness (QED) is 0.589. The molecule has 0 aromatic carbocycles. The fourth-order valence-electron chi connectivity index (χ4n) is 1.12. The highest BCUT2D eigenvalue weighted by Gasteiger charge is 2.18. The van der Waals surface area contributed by atoms with Crippen molar-refractivity contribution in [2.24, 2.45) is 0 Å². The van der Waals surface area contributed by atoms with Crippen molar-refractivity contribution in [2.75, 3.05) is 19.6 Å². The lowest BCUT2D eigenvalue weighted by atomic mass is 10.4. The largest absolute Gasteiger partial charge is 0.341 e. The first-order valence-electron chi connectivity index (χ1n) is 3.46. The summed E-state index contributed by atoms with van der Waals surface area (Å²) in [6.45, 7) is 2.71. The number of rotatable bonds is 3. The molecule has 58 valence electrons. The van der Waals surface area contributed by atoms with Gasteiger partial charge in [0.2, 0.25) is 5.91 Å². The van der Waals surface area contributed by atoms with Crippen LogP contribution in [-0.2, 0) is 4.79 Å². The van der Waals surface area contributed by atoms with Crippen LogP contribution in [0.2, 0.25) is 0 Å². The van der Waals surface area contributed by atoms with E-state index in [0.29, 0.717) is 5.91 Å². The van der Waals surface area contributed by atoms with Gasteiger partial charge >= 0.3 is 0 Å². The highest BCUT2D eigenvalue weighted by atomic mass is 127. The number of halogens is 1. The van der Waals surface area contributed by atoms with E-state index in [2.05, 4.69) is 26.4 Å². The zero-order valence-electron chi connectivity index (χ0n) is 5.77. The smallest absolute Gasteiger partial charge is 0.222 e. The SMILES string of the molecule is O=C1CCCN1CCNI. The lowest BCUT2D eigenvalue weighted by Gasteiger charge is -2.13. The molecule has 0 radical (unpaired) electrons. The van der Waals surface area contributed by atoms with E-state index >= 15 is 0 Å². The first kappa shape index (κ1) is 8.26. The van der Waals surface area contributed by atoms with Crippen LogP contribution in [0.4, 0.5) is 0 Å². The number of nitrogens with one attached hydrogen (secondary N) is 1. The summed E-state index contributed by atoms with van der Waals surface area (Å²) in [5.41, 5.74) is 0. The van der Waals surface area contributed by atoms with E-state index in [9.17, 15) is 4.79 Å². The van der Waals surface area contributed by atoms with Gasteiger partial charge in [0.25, 0.3) is 0 Å². The third kappa shape index (κ3) is 2.09. The number of nitrogens with zero attached hydrogens (tertiary/aromatic N) is 1. The van der Waals surface area contributed by atoms with Crippen LogP contribution in [0.5, 0.6) is 0 Å². The molecule has 1 saturated heterocycles. The van der Waals surface area contributed by atoms with Gasteiger partial charge in [-0.2, -0.15) is 0 Å². The van der Waals surface area contributed by atoms with Crippen molar-refractivity contribution in [3.8, 4) is 0 Å². The molecule has 1 aliphatic rings.